The van der Waals surface area contributed by atoms with Gasteiger partial charge in [-0.15, -0.1) is 11.6 Å². The predicted molar refractivity (Wildman–Crippen MR) is 75.9 cm³/mol. The van der Waals surface area contributed by atoms with Crippen LogP contribution in [0.15, 0.2) is 6.58 Å². The molecule has 0 saturated carbocycles. The molecule has 1 heterocycles. The minimum Gasteiger partial charge on any atom is -0.465 e. The molecule has 1 aromatic heterocycles. The Bertz CT molecular complexity index is 491. The first-order chi connectivity index (χ1) is 9.10. The van der Waals surface area contributed by atoms with Crippen molar-refractivity contribution in [3.05, 3.63) is 29.1 Å². The zero-order valence-corrected chi connectivity index (χ0v) is 12.0. The van der Waals surface area contributed by atoms with E-state index in [1.807, 2.05) is 6.92 Å². The molecule has 0 aliphatic heterocycles. The van der Waals surface area contributed by atoms with E-state index in [2.05, 4.69) is 11.6 Å². The first-order valence-corrected chi connectivity index (χ1v) is 6.66. The van der Waals surface area contributed by atoms with Crippen LogP contribution in [-0.4, -0.2) is 30.2 Å². The van der Waals surface area contributed by atoms with E-state index in [1.165, 1.54) is 7.11 Å². The molecule has 0 radical (unpaired) electrons. The Kier molecular flexibility index (Phi) is 5.83. The molecule has 19 heavy (non-hydrogen) atoms. The molecule has 0 spiro atoms. The maximum absolute atomic E-state index is 11.8. The number of carbonyl (C=O) groups excluding carboxylic acids is 2. The minimum atomic E-state index is -0.508. The quantitative estimate of drug-likeness (QED) is 0.475. The third-order valence-electron chi connectivity index (χ3n) is 2.96. The predicted octanol–water partition coefficient (Wildman–Crippen LogP) is 3.21. The maximum atomic E-state index is 11.8. The summed E-state index contributed by atoms with van der Waals surface area (Å²) in [5.74, 6) is 0.0394. The van der Waals surface area contributed by atoms with Gasteiger partial charge in [-0.2, -0.15) is 0 Å². The van der Waals surface area contributed by atoms with Crippen LogP contribution >= 0.6 is 11.6 Å². The van der Waals surface area contributed by atoms with Crippen molar-refractivity contribution in [3.8, 4) is 0 Å². The lowest BCUT2D eigenvalue weighted by molar-refractivity contribution is 0.0597. The molecule has 0 unspecified atom stereocenters. The minimum absolute atomic E-state index is 0.241. The van der Waals surface area contributed by atoms with E-state index in [-0.39, 0.29) is 5.69 Å². The third kappa shape index (κ3) is 3.26. The second-order valence-corrected chi connectivity index (χ2v) is 4.50. The fourth-order valence-corrected chi connectivity index (χ4v) is 2.18. The number of aromatic nitrogens is 1. The van der Waals surface area contributed by atoms with Gasteiger partial charge in [0.05, 0.1) is 18.4 Å². The van der Waals surface area contributed by atoms with Gasteiger partial charge in [-0.25, -0.2) is 4.79 Å². The van der Waals surface area contributed by atoms with Crippen LogP contribution in [0.4, 0.5) is 0 Å². The first-order valence-electron chi connectivity index (χ1n) is 6.13. The van der Waals surface area contributed by atoms with Gasteiger partial charge >= 0.3 is 5.97 Å². The summed E-state index contributed by atoms with van der Waals surface area (Å²) in [4.78, 5) is 25.8. The molecule has 0 aromatic carbocycles. The molecule has 0 fully saturated rings. The van der Waals surface area contributed by atoms with E-state index < -0.39 is 5.97 Å². The van der Waals surface area contributed by atoms with Gasteiger partial charge in [0.1, 0.15) is 0 Å². The summed E-state index contributed by atoms with van der Waals surface area (Å²) in [6.07, 6.45) is 2.76. The van der Waals surface area contributed by atoms with Gasteiger partial charge in [0.2, 0.25) is 0 Å². The van der Waals surface area contributed by atoms with Crippen LogP contribution in [0.3, 0.4) is 0 Å². The molecule has 4 nitrogen and oxygen atoms in total. The molecular formula is C14H18ClNO3. The number of rotatable bonds is 7. The maximum Gasteiger partial charge on any atom is 0.340 e. The smallest absolute Gasteiger partial charge is 0.340 e. The number of halogens is 1. The van der Waals surface area contributed by atoms with Crippen molar-refractivity contribution < 1.29 is 14.3 Å². The van der Waals surface area contributed by atoms with Gasteiger partial charge < -0.3 is 9.72 Å². The van der Waals surface area contributed by atoms with Gasteiger partial charge in [0.25, 0.3) is 0 Å². The van der Waals surface area contributed by atoms with Crippen molar-refractivity contribution in [1.82, 2.24) is 4.98 Å². The molecule has 0 aliphatic rings. The fourth-order valence-electron chi connectivity index (χ4n) is 2.04. The molecule has 1 N–H and O–H groups in total. The number of aldehydes is 1. The average Bonchev–Trinajstić information content (AvgIpc) is 2.82. The number of carbonyl (C=O) groups is 2. The fraction of sp³-hybridized carbons (Fsp3) is 0.429. The summed E-state index contributed by atoms with van der Waals surface area (Å²) in [6.45, 7) is 5.91. The Hall–Kier alpha value is -1.55. The Morgan fingerprint density at radius 2 is 2.21 bits per heavy atom. The summed E-state index contributed by atoms with van der Waals surface area (Å²) in [5.41, 5.74) is 2.91. The van der Waals surface area contributed by atoms with E-state index in [0.717, 1.165) is 29.7 Å². The summed E-state index contributed by atoms with van der Waals surface area (Å²) < 4.78 is 4.73. The van der Waals surface area contributed by atoms with E-state index >= 15 is 0 Å². The van der Waals surface area contributed by atoms with E-state index in [1.54, 1.807) is 0 Å². The van der Waals surface area contributed by atoms with Crippen LogP contribution in [0.25, 0.3) is 5.57 Å². The van der Waals surface area contributed by atoms with Crippen molar-refractivity contribution >= 4 is 29.4 Å². The van der Waals surface area contributed by atoms with Crippen LogP contribution in [0, 0.1) is 0 Å². The van der Waals surface area contributed by atoms with Crippen molar-refractivity contribution in [1.29, 1.82) is 0 Å². The molecule has 1 rings (SSSR count). The Labute approximate surface area is 117 Å². The standard InChI is InChI=1S/C14H18ClNO3/c1-4-10-12(14(18)19-3)11(8-17)16-13(10)9(2)6-5-7-15/h8,16H,2,4-7H2,1,3H3. The number of ether oxygens (including phenoxy) is 1. The molecule has 0 aliphatic carbocycles. The molecule has 0 amide bonds. The molecule has 0 atom stereocenters. The van der Waals surface area contributed by atoms with E-state index in [4.69, 9.17) is 16.3 Å². The highest BCUT2D eigenvalue weighted by molar-refractivity contribution is 6.17. The average molecular weight is 284 g/mol. The zero-order chi connectivity index (χ0) is 14.4. The Morgan fingerprint density at radius 1 is 1.53 bits per heavy atom. The molecular weight excluding hydrogens is 266 g/mol. The third-order valence-corrected chi connectivity index (χ3v) is 3.23. The van der Waals surface area contributed by atoms with Gasteiger partial charge in [0, 0.05) is 11.6 Å². The van der Waals surface area contributed by atoms with Crippen LogP contribution < -0.4 is 0 Å². The van der Waals surface area contributed by atoms with Gasteiger partial charge in [-0.1, -0.05) is 13.5 Å². The number of hydrogen-bond acceptors (Lipinski definition) is 3. The van der Waals surface area contributed by atoms with Gasteiger partial charge in [-0.05, 0) is 30.4 Å². The van der Waals surface area contributed by atoms with Crippen LogP contribution in [0.5, 0.6) is 0 Å². The van der Waals surface area contributed by atoms with Gasteiger partial charge in [0.15, 0.2) is 6.29 Å². The van der Waals surface area contributed by atoms with E-state index in [9.17, 15) is 9.59 Å². The molecule has 5 heteroatoms. The van der Waals surface area contributed by atoms with Crippen LogP contribution in [0.1, 0.15) is 51.9 Å². The summed E-state index contributed by atoms with van der Waals surface area (Å²) in [6, 6.07) is 0. The van der Waals surface area contributed by atoms with Crippen molar-refractivity contribution in [2.45, 2.75) is 26.2 Å². The first kappa shape index (κ1) is 15.5. The largest absolute Gasteiger partial charge is 0.465 e. The SMILES string of the molecule is C=C(CCCCl)c1[nH]c(C=O)c(C(=O)OC)c1CC. The van der Waals surface area contributed by atoms with Crippen LogP contribution in [-0.2, 0) is 11.2 Å². The normalized spacial score (nSPS) is 10.3. The molecule has 0 saturated heterocycles. The number of alkyl halides is 1. The Balaban J connectivity index is 3.26. The number of methoxy groups -OCH3 is 1. The number of hydrogen-bond donors (Lipinski definition) is 1. The van der Waals surface area contributed by atoms with E-state index in [0.29, 0.717) is 24.2 Å². The summed E-state index contributed by atoms with van der Waals surface area (Å²) in [7, 11) is 1.30. The highest BCUT2D eigenvalue weighted by Crippen LogP contribution is 2.27. The van der Waals surface area contributed by atoms with Crippen molar-refractivity contribution in [2.24, 2.45) is 0 Å². The number of aromatic amines is 1. The molecule has 1 aromatic rings. The number of H-pyrrole nitrogens is 1. The van der Waals surface area contributed by atoms with Crippen molar-refractivity contribution in [2.75, 3.05) is 13.0 Å². The second-order valence-electron chi connectivity index (χ2n) is 4.13. The van der Waals surface area contributed by atoms with Crippen molar-refractivity contribution in [3.63, 3.8) is 0 Å². The summed E-state index contributed by atoms with van der Waals surface area (Å²) >= 11 is 5.66. The van der Waals surface area contributed by atoms with Crippen LogP contribution in [0.2, 0.25) is 0 Å². The highest BCUT2D eigenvalue weighted by atomic mass is 35.5. The number of esters is 1. The topological polar surface area (TPSA) is 59.2 Å². The highest BCUT2D eigenvalue weighted by Gasteiger charge is 2.23. The number of nitrogens with one attached hydrogen (secondary N) is 1. The lowest BCUT2D eigenvalue weighted by atomic mass is 10.0. The second kappa shape index (κ2) is 7.14. The zero-order valence-electron chi connectivity index (χ0n) is 11.2. The molecule has 104 valence electrons. The monoisotopic (exact) mass is 283 g/mol. The Morgan fingerprint density at radius 3 is 2.68 bits per heavy atom. The number of allylic oxidation sites excluding steroid dienone is 1. The lowest BCUT2D eigenvalue weighted by Gasteiger charge is -2.06. The van der Waals surface area contributed by atoms with Gasteiger partial charge in [-0.3, -0.25) is 4.79 Å². The molecule has 0 bridgehead atoms. The summed E-state index contributed by atoms with van der Waals surface area (Å²) in [5, 5.41) is 0. The lowest BCUT2D eigenvalue weighted by Crippen LogP contribution is -2.06.